The number of nitrogens with one attached hydrogen (secondary N) is 1. The van der Waals surface area contributed by atoms with Gasteiger partial charge in [0.1, 0.15) is 11.0 Å². The minimum Gasteiger partial charge on any atom is -0.465 e. The highest BCUT2D eigenvalue weighted by Gasteiger charge is 2.27. The Balaban J connectivity index is 2.38. The first kappa shape index (κ1) is 18.9. The second-order valence-electron chi connectivity index (χ2n) is 5.17. The van der Waals surface area contributed by atoms with Gasteiger partial charge in [0.2, 0.25) is 5.91 Å². The van der Waals surface area contributed by atoms with Crippen molar-refractivity contribution in [2.45, 2.75) is 26.3 Å². The molecule has 0 aromatic carbocycles. The largest absolute Gasteiger partial charge is 0.465 e. The molecule has 134 valence electrons. The van der Waals surface area contributed by atoms with E-state index >= 15 is 0 Å². The van der Waals surface area contributed by atoms with Crippen LogP contribution in [0.5, 0.6) is 0 Å². The fraction of sp³-hybridized carbons (Fsp3) is 0.333. The number of esters is 1. The lowest BCUT2D eigenvalue weighted by molar-refractivity contribution is -0.119. The summed E-state index contributed by atoms with van der Waals surface area (Å²) in [5.41, 5.74) is 5.81. The third-order valence-corrected chi connectivity index (χ3v) is 4.99. The Hall–Kier alpha value is -2.39. The highest BCUT2D eigenvalue weighted by molar-refractivity contribution is 7.18. The highest BCUT2D eigenvalue weighted by Crippen LogP contribution is 2.34. The first-order valence-corrected chi connectivity index (χ1v) is 8.51. The first-order chi connectivity index (χ1) is 11.8. The van der Waals surface area contributed by atoms with Crippen molar-refractivity contribution in [1.82, 2.24) is 9.78 Å². The van der Waals surface area contributed by atoms with Crippen molar-refractivity contribution in [1.29, 1.82) is 0 Å². The Kier molecular flexibility index (Phi) is 5.81. The molecule has 0 spiro atoms. The molecule has 0 bridgehead atoms. The van der Waals surface area contributed by atoms with Crippen molar-refractivity contribution >= 4 is 45.7 Å². The van der Waals surface area contributed by atoms with Gasteiger partial charge in [0.15, 0.2) is 0 Å². The maximum Gasteiger partial charge on any atom is 0.341 e. The van der Waals surface area contributed by atoms with Gasteiger partial charge in [-0.1, -0.05) is 18.5 Å². The van der Waals surface area contributed by atoms with E-state index in [1.165, 1.54) is 24.2 Å². The number of primary amides is 1. The average molecular weight is 385 g/mol. The summed E-state index contributed by atoms with van der Waals surface area (Å²) in [6, 6.07) is -0.627. The van der Waals surface area contributed by atoms with E-state index in [-0.39, 0.29) is 15.4 Å². The number of hydrogen-bond donors (Lipinski definition) is 2. The number of anilines is 1. The molecule has 1 unspecified atom stereocenters. The molecular formula is C15H17ClN4O4S. The average Bonchev–Trinajstić information content (AvgIpc) is 3.11. The molecule has 2 rings (SSSR count). The van der Waals surface area contributed by atoms with Crippen LogP contribution >= 0.6 is 22.9 Å². The number of ether oxygens (including phenoxy) is 1. The predicted octanol–water partition coefficient (Wildman–Crippen LogP) is 2.38. The molecule has 0 saturated heterocycles. The molecule has 0 saturated carbocycles. The van der Waals surface area contributed by atoms with Crippen molar-refractivity contribution in [3.05, 3.63) is 33.4 Å². The quantitative estimate of drug-likeness (QED) is 0.741. The van der Waals surface area contributed by atoms with Crippen LogP contribution in [0.15, 0.2) is 12.4 Å². The number of amides is 2. The number of hydrogen-bond acceptors (Lipinski definition) is 6. The summed E-state index contributed by atoms with van der Waals surface area (Å²) in [6.07, 6.45) is 3.41. The molecule has 8 nitrogen and oxygen atoms in total. The smallest absolute Gasteiger partial charge is 0.341 e. The van der Waals surface area contributed by atoms with Crippen molar-refractivity contribution in [3.63, 3.8) is 0 Å². The third kappa shape index (κ3) is 3.83. The number of methoxy groups -OCH3 is 1. The Morgan fingerprint density at radius 1 is 1.48 bits per heavy atom. The van der Waals surface area contributed by atoms with E-state index in [4.69, 9.17) is 22.1 Å². The van der Waals surface area contributed by atoms with Gasteiger partial charge in [-0.15, -0.1) is 11.3 Å². The zero-order valence-electron chi connectivity index (χ0n) is 13.8. The number of thiophene rings is 1. The number of aromatic nitrogens is 2. The van der Waals surface area contributed by atoms with Gasteiger partial charge < -0.3 is 15.8 Å². The first-order valence-electron chi connectivity index (χ1n) is 7.32. The van der Waals surface area contributed by atoms with E-state index < -0.39 is 23.8 Å². The van der Waals surface area contributed by atoms with Crippen molar-refractivity contribution in [2.24, 2.45) is 5.73 Å². The van der Waals surface area contributed by atoms with Crippen LogP contribution in [0.1, 0.15) is 45.0 Å². The molecule has 25 heavy (non-hydrogen) atoms. The van der Waals surface area contributed by atoms with E-state index in [0.717, 1.165) is 11.3 Å². The lowest BCUT2D eigenvalue weighted by Gasteiger charge is -2.15. The summed E-state index contributed by atoms with van der Waals surface area (Å²) in [5.74, 6) is -1.74. The van der Waals surface area contributed by atoms with E-state index in [1.807, 2.05) is 6.92 Å². The van der Waals surface area contributed by atoms with Gasteiger partial charge in [-0.2, -0.15) is 5.10 Å². The van der Waals surface area contributed by atoms with Crippen molar-refractivity contribution in [3.8, 4) is 0 Å². The number of rotatable bonds is 6. The van der Waals surface area contributed by atoms with E-state index in [1.54, 1.807) is 6.92 Å². The molecule has 0 aliphatic carbocycles. The maximum atomic E-state index is 12.6. The molecular weight excluding hydrogens is 368 g/mol. The van der Waals surface area contributed by atoms with Crippen LogP contribution in [0.25, 0.3) is 0 Å². The third-order valence-electron chi connectivity index (χ3n) is 3.58. The number of nitrogens with zero attached hydrogens (tertiary/aromatic N) is 2. The maximum absolute atomic E-state index is 12.6. The SMILES string of the molecule is CCC(C(=O)Nc1sc(C(N)=O)c(C)c1C(=O)OC)n1cc(Cl)cn1. The van der Waals surface area contributed by atoms with Crippen molar-refractivity contribution in [2.75, 3.05) is 12.4 Å². The van der Waals surface area contributed by atoms with Crippen LogP contribution < -0.4 is 11.1 Å². The van der Waals surface area contributed by atoms with Gasteiger partial charge in [0, 0.05) is 6.20 Å². The van der Waals surface area contributed by atoms with Crippen LogP contribution in [0.3, 0.4) is 0 Å². The Bertz CT molecular complexity index is 830. The van der Waals surface area contributed by atoms with Crippen LogP contribution in [-0.4, -0.2) is 34.7 Å². The monoisotopic (exact) mass is 384 g/mol. The van der Waals surface area contributed by atoms with Crippen LogP contribution in [0, 0.1) is 6.92 Å². The summed E-state index contributed by atoms with van der Waals surface area (Å²) < 4.78 is 6.17. The van der Waals surface area contributed by atoms with Crippen LogP contribution in [0.4, 0.5) is 5.00 Å². The molecule has 2 aromatic heterocycles. The molecule has 3 N–H and O–H groups in total. The van der Waals surface area contributed by atoms with Gasteiger partial charge in [-0.3, -0.25) is 14.3 Å². The van der Waals surface area contributed by atoms with Gasteiger partial charge in [-0.25, -0.2) is 4.79 Å². The highest BCUT2D eigenvalue weighted by atomic mass is 35.5. The number of halogens is 1. The molecule has 0 aliphatic rings. The lowest BCUT2D eigenvalue weighted by atomic mass is 10.1. The van der Waals surface area contributed by atoms with Crippen LogP contribution in [-0.2, 0) is 9.53 Å². The summed E-state index contributed by atoms with van der Waals surface area (Å²) in [4.78, 5) is 36.4. The van der Waals surface area contributed by atoms with E-state index in [0.29, 0.717) is 17.0 Å². The van der Waals surface area contributed by atoms with Gasteiger partial charge in [0.25, 0.3) is 5.91 Å². The van der Waals surface area contributed by atoms with Gasteiger partial charge in [-0.05, 0) is 18.9 Å². The standard InChI is InChI=1S/C15H17ClN4O4S/c1-4-9(20-6-8(16)5-18-20)13(22)19-14-10(15(23)24-3)7(2)11(25-14)12(17)21/h5-6,9H,4H2,1-3H3,(H2,17,21)(H,19,22). The minimum absolute atomic E-state index is 0.114. The number of carbonyl (C=O) groups excluding carboxylic acids is 3. The topological polar surface area (TPSA) is 116 Å². The Labute approximate surface area is 152 Å². The second kappa shape index (κ2) is 7.66. The minimum atomic E-state index is -0.681. The number of carbonyl (C=O) groups is 3. The normalized spacial score (nSPS) is 11.8. The molecule has 2 aromatic rings. The summed E-state index contributed by atoms with van der Waals surface area (Å²) in [5, 5.41) is 7.32. The van der Waals surface area contributed by atoms with Gasteiger partial charge >= 0.3 is 5.97 Å². The van der Waals surface area contributed by atoms with E-state index in [2.05, 4.69) is 10.4 Å². The Morgan fingerprint density at radius 2 is 2.16 bits per heavy atom. The fourth-order valence-electron chi connectivity index (χ4n) is 2.36. The molecule has 2 heterocycles. The summed E-state index contributed by atoms with van der Waals surface area (Å²) in [7, 11) is 1.22. The van der Waals surface area contributed by atoms with E-state index in [9.17, 15) is 14.4 Å². The lowest BCUT2D eigenvalue weighted by Crippen LogP contribution is -2.26. The molecule has 0 aliphatic heterocycles. The number of nitrogens with two attached hydrogens (primary N) is 1. The second-order valence-corrected chi connectivity index (χ2v) is 6.63. The molecule has 0 radical (unpaired) electrons. The van der Waals surface area contributed by atoms with Gasteiger partial charge in [0.05, 0.1) is 28.8 Å². The van der Waals surface area contributed by atoms with Crippen LogP contribution in [0.2, 0.25) is 5.02 Å². The molecule has 2 amide bonds. The zero-order chi connectivity index (χ0) is 18.7. The summed E-state index contributed by atoms with van der Waals surface area (Å²) >= 11 is 6.78. The molecule has 0 fully saturated rings. The molecule has 1 atom stereocenters. The predicted molar refractivity (Wildman–Crippen MR) is 94.1 cm³/mol. The summed E-state index contributed by atoms with van der Waals surface area (Å²) in [6.45, 7) is 3.39. The van der Waals surface area contributed by atoms with Crippen molar-refractivity contribution < 1.29 is 19.1 Å². The fourth-order valence-corrected chi connectivity index (χ4v) is 3.55. The zero-order valence-corrected chi connectivity index (χ0v) is 15.4. The molecule has 10 heteroatoms. The Morgan fingerprint density at radius 3 is 2.64 bits per heavy atom.